The number of hydrogen-bond acceptors (Lipinski definition) is 3. The molecule has 0 aliphatic heterocycles. The molecule has 1 N–H and O–H groups in total. The highest BCUT2D eigenvalue weighted by molar-refractivity contribution is 9.11. The third-order valence-corrected chi connectivity index (χ3v) is 3.12. The SMILES string of the molecule is O=C(Nc1cc(Cl)ncn1)c1cc(Br)cc(Br)c1. The van der Waals surface area contributed by atoms with E-state index in [0.29, 0.717) is 11.4 Å². The Morgan fingerprint density at radius 3 is 2.39 bits per heavy atom. The van der Waals surface area contributed by atoms with E-state index in [1.54, 1.807) is 12.1 Å². The molecule has 1 aromatic carbocycles. The van der Waals surface area contributed by atoms with Gasteiger partial charge in [-0.1, -0.05) is 43.5 Å². The van der Waals surface area contributed by atoms with Gasteiger partial charge in [0.05, 0.1) is 0 Å². The number of hydrogen-bond donors (Lipinski definition) is 1. The van der Waals surface area contributed by atoms with Crippen LogP contribution in [-0.2, 0) is 0 Å². The Morgan fingerprint density at radius 2 is 1.78 bits per heavy atom. The first-order chi connectivity index (χ1) is 8.54. The third kappa shape index (κ3) is 3.51. The van der Waals surface area contributed by atoms with Gasteiger partial charge < -0.3 is 5.32 Å². The van der Waals surface area contributed by atoms with Crippen LogP contribution in [0.5, 0.6) is 0 Å². The van der Waals surface area contributed by atoms with Crippen molar-refractivity contribution < 1.29 is 4.79 Å². The topological polar surface area (TPSA) is 54.9 Å². The maximum absolute atomic E-state index is 12.0. The standard InChI is InChI=1S/C11H6Br2ClN3O/c12-7-1-6(2-8(13)3-7)11(18)17-10-4-9(14)15-5-16-10/h1-5H,(H,15,16,17,18). The summed E-state index contributed by atoms with van der Waals surface area (Å²) in [7, 11) is 0. The van der Waals surface area contributed by atoms with Gasteiger partial charge in [0.25, 0.3) is 5.91 Å². The zero-order valence-corrected chi connectivity index (χ0v) is 12.8. The lowest BCUT2D eigenvalue weighted by molar-refractivity contribution is 0.102. The summed E-state index contributed by atoms with van der Waals surface area (Å²) in [5, 5.41) is 2.91. The minimum absolute atomic E-state index is 0.272. The van der Waals surface area contributed by atoms with Gasteiger partial charge in [0, 0.05) is 20.6 Å². The van der Waals surface area contributed by atoms with Crippen molar-refractivity contribution in [3.8, 4) is 0 Å². The number of amides is 1. The van der Waals surface area contributed by atoms with Crippen molar-refractivity contribution in [1.29, 1.82) is 0 Å². The summed E-state index contributed by atoms with van der Waals surface area (Å²) in [4.78, 5) is 19.6. The van der Waals surface area contributed by atoms with E-state index < -0.39 is 0 Å². The normalized spacial score (nSPS) is 10.2. The summed E-state index contributed by atoms with van der Waals surface area (Å²) in [5.74, 6) is 0.0860. The van der Waals surface area contributed by atoms with E-state index >= 15 is 0 Å². The van der Waals surface area contributed by atoms with Gasteiger partial charge in [-0.3, -0.25) is 4.79 Å². The van der Waals surface area contributed by atoms with Gasteiger partial charge in [-0.05, 0) is 18.2 Å². The molecule has 0 spiro atoms. The van der Waals surface area contributed by atoms with Gasteiger partial charge in [-0.25, -0.2) is 9.97 Å². The minimum Gasteiger partial charge on any atom is -0.306 e. The van der Waals surface area contributed by atoms with E-state index in [4.69, 9.17) is 11.6 Å². The summed E-state index contributed by atoms with van der Waals surface area (Å²) in [5.41, 5.74) is 0.506. The number of carbonyl (C=O) groups excluding carboxylic acids is 1. The van der Waals surface area contributed by atoms with E-state index in [1.807, 2.05) is 6.07 Å². The lowest BCUT2D eigenvalue weighted by Gasteiger charge is -2.05. The van der Waals surface area contributed by atoms with Crippen LogP contribution >= 0.6 is 43.5 Å². The van der Waals surface area contributed by atoms with Crippen molar-refractivity contribution in [1.82, 2.24) is 9.97 Å². The molecule has 0 bridgehead atoms. The van der Waals surface area contributed by atoms with Gasteiger partial charge in [0.2, 0.25) is 0 Å². The highest BCUT2D eigenvalue weighted by Crippen LogP contribution is 2.21. The molecule has 1 amide bonds. The highest BCUT2D eigenvalue weighted by atomic mass is 79.9. The fraction of sp³-hybridized carbons (Fsp3) is 0. The zero-order chi connectivity index (χ0) is 13.1. The number of nitrogens with zero attached hydrogens (tertiary/aromatic N) is 2. The fourth-order valence-corrected chi connectivity index (χ4v) is 2.72. The molecule has 1 heterocycles. The number of aromatic nitrogens is 2. The first-order valence-electron chi connectivity index (χ1n) is 4.79. The summed E-state index contributed by atoms with van der Waals surface area (Å²) >= 11 is 12.4. The Morgan fingerprint density at radius 1 is 1.11 bits per heavy atom. The number of benzene rings is 1. The van der Waals surface area contributed by atoms with Crippen LogP contribution in [0.1, 0.15) is 10.4 Å². The molecule has 0 aliphatic rings. The second-order valence-corrected chi connectivity index (χ2v) is 5.56. The van der Waals surface area contributed by atoms with Crippen molar-refractivity contribution in [3.63, 3.8) is 0 Å². The molecule has 7 heteroatoms. The van der Waals surface area contributed by atoms with Crippen molar-refractivity contribution in [2.24, 2.45) is 0 Å². The van der Waals surface area contributed by atoms with E-state index in [0.717, 1.165) is 8.95 Å². The maximum Gasteiger partial charge on any atom is 0.256 e. The Bertz CT molecular complexity index is 586. The average Bonchev–Trinajstić information content (AvgIpc) is 2.27. The highest BCUT2D eigenvalue weighted by Gasteiger charge is 2.09. The van der Waals surface area contributed by atoms with Gasteiger partial charge in [-0.15, -0.1) is 0 Å². The molecule has 0 saturated carbocycles. The van der Waals surface area contributed by atoms with Gasteiger partial charge in [0.1, 0.15) is 17.3 Å². The van der Waals surface area contributed by atoms with Crippen LogP contribution in [0.3, 0.4) is 0 Å². The largest absolute Gasteiger partial charge is 0.306 e. The minimum atomic E-state index is -0.272. The molecule has 92 valence electrons. The molecule has 0 atom stereocenters. The van der Waals surface area contributed by atoms with Gasteiger partial charge in [-0.2, -0.15) is 0 Å². The van der Waals surface area contributed by atoms with Crippen LogP contribution in [-0.4, -0.2) is 15.9 Å². The summed E-state index contributed by atoms with van der Waals surface area (Å²) in [6, 6.07) is 6.75. The van der Waals surface area contributed by atoms with Crippen LogP contribution in [0.15, 0.2) is 39.5 Å². The molecular formula is C11H6Br2ClN3O. The summed E-state index contributed by atoms with van der Waals surface area (Å²) < 4.78 is 1.62. The second-order valence-electron chi connectivity index (χ2n) is 3.34. The van der Waals surface area contributed by atoms with E-state index in [2.05, 4.69) is 47.1 Å². The third-order valence-electron chi connectivity index (χ3n) is 2.00. The van der Waals surface area contributed by atoms with E-state index in [9.17, 15) is 4.79 Å². The average molecular weight is 391 g/mol. The molecule has 0 unspecified atom stereocenters. The van der Waals surface area contributed by atoms with Crippen molar-refractivity contribution >= 4 is 55.2 Å². The first-order valence-corrected chi connectivity index (χ1v) is 6.76. The van der Waals surface area contributed by atoms with Crippen molar-refractivity contribution in [3.05, 3.63) is 50.3 Å². The molecule has 1 aromatic heterocycles. The van der Waals surface area contributed by atoms with Crippen LogP contribution in [0.4, 0.5) is 5.82 Å². The molecule has 0 aliphatic carbocycles. The lowest BCUT2D eigenvalue weighted by Crippen LogP contribution is -2.13. The number of rotatable bonds is 2. The molecule has 2 aromatic rings. The Kier molecular flexibility index (Phi) is 4.31. The van der Waals surface area contributed by atoms with E-state index in [-0.39, 0.29) is 11.1 Å². The molecule has 0 radical (unpaired) electrons. The van der Waals surface area contributed by atoms with Crippen LogP contribution in [0.2, 0.25) is 5.15 Å². The van der Waals surface area contributed by atoms with Crippen LogP contribution < -0.4 is 5.32 Å². The van der Waals surface area contributed by atoms with Gasteiger partial charge in [0.15, 0.2) is 0 Å². The smallest absolute Gasteiger partial charge is 0.256 e. The predicted octanol–water partition coefficient (Wildman–Crippen LogP) is 3.91. The van der Waals surface area contributed by atoms with Crippen molar-refractivity contribution in [2.75, 3.05) is 5.32 Å². The fourth-order valence-electron chi connectivity index (χ4n) is 1.28. The molecule has 2 rings (SSSR count). The first kappa shape index (κ1) is 13.5. The predicted molar refractivity (Wildman–Crippen MR) is 76.8 cm³/mol. The summed E-state index contributed by atoms with van der Waals surface area (Å²) in [6.45, 7) is 0. The summed E-state index contributed by atoms with van der Waals surface area (Å²) in [6.07, 6.45) is 1.29. The van der Waals surface area contributed by atoms with Gasteiger partial charge >= 0.3 is 0 Å². The maximum atomic E-state index is 12.0. The quantitative estimate of drug-likeness (QED) is 0.790. The number of halogens is 3. The number of anilines is 1. The van der Waals surface area contributed by atoms with Crippen molar-refractivity contribution in [2.45, 2.75) is 0 Å². The molecular weight excluding hydrogens is 385 g/mol. The second kappa shape index (κ2) is 5.77. The monoisotopic (exact) mass is 389 g/mol. The Hall–Kier alpha value is -0.980. The Balaban J connectivity index is 2.22. The van der Waals surface area contributed by atoms with Crippen LogP contribution in [0, 0.1) is 0 Å². The zero-order valence-electron chi connectivity index (χ0n) is 8.82. The molecule has 4 nitrogen and oxygen atoms in total. The molecule has 0 fully saturated rings. The molecule has 18 heavy (non-hydrogen) atoms. The lowest BCUT2D eigenvalue weighted by atomic mass is 10.2. The van der Waals surface area contributed by atoms with E-state index in [1.165, 1.54) is 12.4 Å². The molecule has 0 saturated heterocycles. The van der Waals surface area contributed by atoms with Crippen LogP contribution in [0.25, 0.3) is 0 Å². The number of nitrogens with one attached hydrogen (secondary N) is 1. The Labute approximate surface area is 125 Å². The number of carbonyl (C=O) groups is 1.